The molecule has 1 aromatic carbocycles. The molecule has 5 heteroatoms. The number of halogens is 1. The highest BCUT2D eigenvalue weighted by atomic mass is 35.5. The third-order valence-corrected chi connectivity index (χ3v) is 4.51. The molecule has 1 atom stereocenters. The van der Waals surface area contributed by atoms with E-state index in [-0.39, 0.29) is 18.1 Å². The first-order chi connectivity index (χ1) is 10.1. The summed E-state index contributed by atoms with van der Waals surface area (Å²) in [7, 11) is 0. The standard InChI is InChI=1S/C16H21ClN2O2/c17-11-5-6-15(21-13-3-1-2-4-13)14(9-11)16(20)19-8-7-12(18)10-19/h5-6,9,12-13H,1-4,7-8,10,18H2/t12-/m1/s1. The number of nitrogens with zero attached hydrogens (tertiary/aromatic N) is 1. The van der Waals surface area contributed by atoms with E-state index in [1.807, 2.05) is 6.07 Å². The lowest BCUT2D eigenvalue weighted by Crippen LogP contribution is -2.32. The van der Waals surface area contributed by atoms with Crippen LogP contribution in [0.1, 0.15) is 42.5 Å². The molecule has 1 heterocycles. The van der Waals surface area contributed by atoms with Gasteiger partial charge in [0.2, 0.25) is 0 Å². The Hall–Kier alpha value is -1.26. The van der Waals surface area contributed by atoms with Gasteiger partial charge < -0.3 is 15.4 Å². The summed E-state index contributed by atoms with van der Waals surface area (Å²) >= 11 is 6.06. The van der Waals surface area contributed by atoms with Gasteiger partial charge in [-0.2, -0.15) is 0 Å². The van der Waals surface area contributed by atoms with Crippen LogP contribution in [0, 0.1) is 0 Å². The molecule has 0 unspecified atom stereocenters. The van der Waals surface area contributed by atoms with Crippen molar-refractivity contribution in [1.29, 1.82) is 0 Å². The first-order valence-corrected chi connectivity index (χ1v) is 8.02. The molecule has 1 amide bonds. The molecular formula is C16H21ClN2O2. The summed E-state index contributed by atoms with van der Waals surface area (Å²) in [5.74, 6) is 0.621. The Balaban J connectivity index is 1.81. The molecule has 0 bridgehead atoms. The number of rotatable bonds is 3. The first kappa shape index (κ1) is 14.7. The topological polar surface area (TPSA) is 55.6 Å². The Bertz CT molecular complexity index is 529. The number of benzene rings is 1. The molecule has 4 nitrogen and oxygen atoms in total. The lowest BCUT2D eigenvalue weighted by Gasteiger charge is -2.20. The van der Waals surface area contributed by atoms with Crippen molar-refractivity contribution in [3.05, 3.63) is 28.8 Å². The summed E-state index contributed by atoms with van der Waals surface area (Å²) in [6, 6.07) is 5.37. The Kier molecular flexibility index (Phi) is 4.36. The molecule has 0 aromatic heterocycles. The predicted octanol–water partition coefficient (Wildman–Crippen LogP) is 2.83. The van der Waals surface area contributed by atoms with Crippen LogP contribution in [-0.2, 0) is 0 Å². The van der Waals surface area contributed by atoms with E-state index in [1.54, 1.807) is 17.0 Å². The van der Waals surface area contributed by atoms with Crippen molar-refractivity contribution in [2.45, 2.75) is 44.2 Å². The van der Waals surface area contributed by atoms with E-state index < -0.39 is 0 Å². The average molecular weight is 309 g/mol. The maximum Gasteiger partial charge on any atom is 0.257 e. The van der Waals surface area contributed by atoms with E-state index in [9.17, 15) is 4.79 Å². The van der Waals surface area contributed by atoms with Gasteiger partial charge in [-0.05, 0) is 50.3 Å². The lowest BCUT2D eigenvalue weighted by atomic mass is 10.1. The van der Waals surface area contributed by atoms with Crippen LogP contribution in [0.3, 0.4) is 0 Å². The second-order valence-corrected chi connectivity index (χ2v) is 6.40. The molecular weight excluding hydrogens is 288 g/mol. The molecule has 1 aliphatic heterocycles. The van der Waals surface area contributed by atoms with Crippen molar-refractivity contribution >= 4 is 17.5 Å². The molecule has 2 N–H and O–H groups in total. The van der Waals surface area contributed by atoms with E-state index >= 15 is 0 Å². The molecule has 1 saturated carbocycles. The molecule has 1 aromatic rings. The fourth-order valence-electron chi connectivity index (χ4n) is 3.10. The minimum absolute atomic E-state index is 0.0292. The second kappa shape index (κ2) is 6.24. The Morgan fingerprint density at radius 2 is 2.05 bits per heavy atom. The molecule has 1 saturated heterocycles. The van der Waals surface area contributed by atoms with Gasteiger partial charge in [-0.3, -0.25) is 4.79 Å². The second-order valence-electron chi connectivity index (χ2n) is 5.96. The van der Waals surface area contributed by atoms with E-state index in [0.29, 0.717) is 29.4 Å². The predicted molar refractivity (Wildman–Crippen MR) is 82.8 cm³/mol. The van der Waals surface area contributed by atoms with Crippen molar-refractivity contribution < 1.29 is 9.53 Å². The van der Waals surface area contributed by atoms with Crippen LogP contribution in [0.15, 0.2) is 18.2 Å². The van der Waals surface area contributed by atoms with Gasteiger partial charge in [0, 0.05) is 24.2 Å². The Labute approximate surface area is 130 Å². The summed E-state index contributed by atoms with van der Waals surface area (Å²) in [6.07, 6.45) is 5.59. The number of carbonyl (C=O) groups excluding carboxylic acids is 1. The number of carbonyl (C=O) groups is 1. The smallest absolute Gasteiger partial charge is 0.257 e. The fraction of sp³-hybridized carbons (Fsp3) is 0.562. The van der Waals surface area contributed by atoms with Crippen LogP contribution in [-0.4, -0.2) is 36.0 Å². The molecule has 2 fully saturated rings. The largest absolute Gasteiger partial charge is 0.490 e. The summed E-state index contributed by atoms with van der Waals surface area (Å²) in [5.41, 5.74) is 6.45. The number of likely N-dealkylation sites (tertiary alicyclic amines) is 1. The molecule has 114 valence electrons. The monoisotopic (exact) mass is 308 g/mol. The number of amides is 1. The zero-order valence-electron chi connectivity index (χ0n) is 12.1. The van der Waals surface area contributed by atoms with Gasteiger partial charge in [-0.1, -0.05) is 11.6 Å². The van der Waals surface area contributed by atoms with Crippen molar-refractivity contribution in [3.63, 3.8) is 0 Å². The highest BCUT2D eigenvalue weighted by Gasteiger charge is 2.27. The molecule has 0 spiro atoms. The van der Waals surface area contributed by atoms with E-state index in [1.165, 1.54) is 12.8 Å². The maximum atomic E-state index is 12.7. The zero-order chi connectivity index (χ0) is 14.8. The van der Waals surface area contributed by atoms with Crippen molar-refractivity contribution in [2.24, 2.45) is 5.73 Å². The van der Waals surface area contributed by atoms with Crippen molar-refractivity contribution in [1.82, 2.24) is 4.90 Å². The molecule has 3 rings (SSSR count). The van der Waals surface area contributed by atoms with Gasteiger partial charge in [0.05, 0.1) is 11.7 Å². The van der Waals surface area contributed by atoms with Gasteiger partial charge in [-0.15, -0.1) is 0 Å². The third-order valence-electron chi connectivity index (χ3n) is 4.28. The lowest BCUT2D eigenvalue weighted by molar-refractivity contribution is 0.0783. The van der Waals surface area contributed by atoms with E-state index in [2.05, 4.69) is 0 Å². The van der Waals surface area contributed by atoms with Crippen LogP contribution in [0.4, 0.5) is 0 Å². The van der Waals surface area contributed by atoms with E-state index in [4.69, 9.17) is 22.1 Å². The van der Waals surface area contributed by atoms with Crippen LogP contribution in [0.2, 0.25) is 5.02 Å². The highest BCUT2D eigenvalue weighted by molar-refractivity contribution is 6.31. The average Bonchev–Trinajstić information content (AvgIpc) is 3.11. The molecule has 1 aliphatic carbocycles. The Morgan fingerprint density at radius 1 is 1.29 bits per heavy atom. The number of nitrogens with two attached hydrogens (primary N) is 1. The maximum absolute atomic E-state index is 12.7. The third kappa shape index (κ3) is 3.33. The zero-order valence-corrected chi connectivity index (χ0v) is 12.8. The number of hydrogen-bond acceptors (Lipinski definition) is 3. The highest BCUT2D eigenvalue weighted by Crippen LogP contribution is 2.30. The number of ether oxygens (including phenoxy) is 1. The van der Waals surface area contributed by atoms with Crippen molar-refractivity contribution in [2.75, 3.05) is 13.1 Å². The number of hydrogen-bond donors (Lipinski definition) is 1. The minimum Gasteiger partial charge on any atom is -0.490 e. The van der Waals surface area contributed by atoms with Gasteiger partial charge in [-0.25, -0.2) is 0 Å². The van der Waals surface area contributed by atoms with Crippen LogP contribution in [0.25, 0.3) is 0 Å². The fourth-order valence-corrected chi connectivity index (χ4v) is 3.27. The van der Waals surface area contributed by atoms with Gasteiger partial charge in [0.1, 0.15) is 5.75 Å². The minimum atomic E-state index is -0.0292. The van der Waals surface area contributed by atoms with Crippen LogP contribution < -0.4 is 10.5 Å². The van der Waals surface area contributed by atoms with Gasteiger partial charge in [0.25, 0.3) is 5.91 Å². The molecule has 21 heavy (non-hydrogen) atoms. The SMILES string of the molecule is N[C@@H]1CCN(C(=O)c2cc(Cl)ccc2OC2CCCC2)C1. The summed E-state index contributed by atoms with van der Waals surface area (Å²) in [6.45, 7) is 1.31. The Morgan fingerprint density at radius 3 is 2.71 bits per heavy atom. The van der Waals surface area contributed by atoms with Crippen LogP contribution in [0.5, 0.6) is 5.75 Å². The molecule has 2 aliphatic rings. The summed E-state index contributed by atoms with van der Waals surface area (Å²) < 4.78 is 6.03. The molecule has 0 radical (unpaired) electrons. The van der Waals surface area contributed by atoms with Gasteiger partial charge >= 0.3 is 0 Å². The van der Waals surface area contributed by atoms with Crippen LogP contribution >= 0.6 is 11.6 Å². The summed E-state index contributed by atoms with van der Waals surface area (Å²) in [4.78, 5) is 14.5. The first-order valence-electron chi connectivity index (χ1n) is 7.64. The normalized spacial score (nSPS) is 22.8. The summed E-state index contributed by atoms with van der Waals surface area (Å²) in [5, 5.41) is 0.556. The van der Waals surface area contributed by atoms with Gasteiger partial charge in [0.15, 0.2) is 0 Å². The van der Waals surface area contributed by atoms with Crippen molar-refractivity contribution in [3.8, 4) is 5.75 Å². The van der Waals surface area contributed by atoms with E-state index in [0.717, 1.165) is 19.3 Å². The quantitative estimate of drug-likeness (QED) is 0.934.